The van der Waals surface area contributed by atoms with Crippen molar-refractivity contribution < 1.29 is 14.6 Å². The zero-order valence-corrected chi connectivity index (χ0v) is 14.0. The molecule has 0 aliphatic heterocycles. The lowest BCUT2D eigenvalue weighted by atomic mass is 10.1. The number of benzene rings is 1. The Labute approximate surface area is 139 Å². The van der Waals surface area contributed by atoms with Gasteiger partial charge in [-0.25, -0.2) is 4.98 Å². The average Bonchev–Trinajstić information content (AvgIpc) is 3.14. The number of nitrogens with zero attached hydrogens (tertiary/aromatic N) is 2. The van der Waals surface area contributed by atoms with Gasteiger partial charge in [-0.05, 0) is 31.9 Å². The van der Waals surface area contributed by atoms with Gasteiger partial charge in [0.15, 0.2) is 0 Å². The number of hydrogen-bond donors (Lipinski definition) is 1. The van der Waals surface area contributed by atoms with Gasteiger partial charge in [-0.3, -0.25) is 4.79 Å². The van der Waals surface area contributed by atoms with Gasteiger partial charge in [-0.2, -0.15) is 0 Å². The Hall–Kier alpha value is -1.92. The third kappa shape index (κ3) is 3.23. The fraction of sp³-hybridized carbons (Fsp3) is 0.412. The summed E-state index contributed by atoms with van der Waals surface area (Å²) in [6, 6.07) is 9.22. The molecule has 1 aliphatic rings. The summed E-state index contributed by atoms with van der Waals surface area (Å²) < 4.78 is 5.86. The van der Waals surface area contributed by atoms with Gasteiger partial charge in [0.2, 0.25) is 0 Å². The molecule has 2 aromatic rings. The minimum absolute atomic E-state index is 0.0885. The van der Waals surface area contributed by atoms with Crippen molar-refractivity contribution in [3.63, 3.8) is 0 Å². The molecule has 6 heteroatoms. The molecule has 1 aromatic heterocycles. The molecule has 5 nitrogen and oxygen atoms in total. The first-order chi connectivity index (χ1) is 11.1. The van der Waals surface area contributed by atoms with Crippen molar-refractivity contribution in [2.75, 3.05) is 7.05 Å². The number of likely N-dealkylation sites (N-methyl/N-ethyl adjacent to an activating group) is 1. The molecule has 122 valence electrons. The molecule has 0 spiro atoms. The number of rotatable bonds is 4. The van der Waals surface area contributed by atoms with Crippen LogP contribution < -0.4 is 4.74 Å². The fourth-order valence-corrected chi connectivity index (χ4v) is 3.75. The van der Waals surface area contributed by atoms with Crippen LogP contribution >= 0.6 is 11.3 Å². The van der Waals surface area contributed by atoms with Gasteiger partial charge in [0.05, 0.1) is 17.2 Å². The van der Waals surface area contributed by atoms with E-state index in [1.165, 1.54) is 11.3 Å². The molecule has 3 atom stereocenters. The second-order valence-corrected chi connectivity index (χ2v) is 6.64. The zero-order chi connectivity index (χ0) is 16.4. The quantitative estimate of drug-likeness (QED) is 0.934. The highest BCUT2D eigenvalue weighted by Gasteiger charge is 2.40. The van der Waals surface area contributed by atoms with Crippen molar-refractivity contribution in [2.24, 2.45) is 0 Å². The van der Waals surface area contributed by atoms with Crippen molar-refractivity contribution in [1.29, 1.82) is 0 Å². The van der Waals surface area contributed by atoms with Crippen LogP contribution in [0.2, 0.25) is 0 Å². The smallest absolute Gasteiger partial charge is 0.265 e. The Balaban J connectivity index is 1.67. The van der Waals surface area contributed by atoms with Crippen LogP contribution in [0.5, 0.6) is 5.75 Å². The number of aromatic nitrogens is 1. The van der Waals surface area contributed by atoms with E-state index in [2.05, 4.69) is 4.98 Å². The van der Waals surface area contributed by atoms with Crippen LogP contribution in [-0.2, 0) is 0 Å². The summed E-state index contributed by atoms with van der Waals surface area (Å²) in [4.78, 5) is 18.9. The molecule has 0 bridgehead atoms. The molecule has 3 rings (SSSR count). The van der Waals surface area contributed by atoms with Gasteiger partial charge >= 0.3 is 0 Å². The largest absolute Gasteiger partial charge is 0.488 e. The monoisotopic (exact) mass is 332 g/mol. The maximum atomic E-state index is 12.6. The first-order valence-electron chi connectivity index (χ1n) is 7.65. The van der Waals surface area contributed by atoms with Gasteiger partial charge in [0, 0.05) is 7.05 Å². The van der Waals surface area contributed by atoms with Crippen molar-refractivity contribution in [2.45, 2.75) is 38.0 Å². The lowest BCUT2D eigenvalue weighted by Crippen LogP contribution is -2.45. The van der Waals surface area contributed by atoms with Gasteiger partial charge in [0.1, 0.15) is 22.8 Å². The predicted octanol–water partition coefficient (Wildman–Crippen LogP) is 2.49. The van der Waals surface area contributed by atoms with Crippen LogP contribution in [0.3, 0.4) is 0 Å². The Morgan fingerprint density at radius 2 is 2.09 bits per heavy atom. The first-order valence-corrected chi connectivity index (χ1v) is 8.53. The number of para-hydroxylation sites is 1. The van der Waals surface area contributed by atoms with Crippen molar-refractivity contribution in [3.05, 3.63) is 46.4 Å². The summed E-state index contributed by atoms with van der Waals surface area (Å²) in [7, 11) is 1.74. The number of aryl methyl sites for hydroxylation is 1. The van der Waals surface area contributed by atoms with E-state index in [9.17, 15) is 9.90 Å². The van der Waals surface area contributed by atoms with Crippen LogP contribution in [0.4, 0.5) is 0 Å². The Kier molecular flexibility index (Phi) is 4.63. The highest BCUT2D eigenvalue weighted by Crippen LogP contribution is 2.29. The SMILES string of the molecule is Cc1ncsc1C(=O)N(C)[C@@H]1CC[C@@H](Oc2ccccc2)[C@@H]1O. The summed E-state index contributed by atoms with van der Waals surface area (Å²) in [6.45, 7) is 1.82. The summed E-state index contributed by atoms with van der Waals surface area (Å²) in [5, 5.41) is 10.6. The third-order valence-corrected chi connectivity index (χ3v) is 5.23. The number of carbonyl (C=O) groups excluding carboxylic acids is 1. The average molecular weight is 332 g/mol. The highest BCUT2D eigenvalue weighted by molar-refractivity contribution is 7.11. The maximum Gasteiger partial charge on any atom is 0.265 e. The molecule has 1 amide bonds. The molecule has 1 aromatic carbocycles. The van der Waals surface area contributed by atoms with Crippen molar-refractivity contribution in [3.8, 4) is 5.75 Å². The lowest BCUT2D eigenvalue weighted by molar-refractivity contribution is 0.0168. The number of amides is 1. The summed E-state index contributed by atoms with van der Waals surface area (Å²) in [5.41, 5.74) is 2.40. The molecule has 1 fully saturated rings. The molecule has 23 heavy (non-hydrogen) atoms. The van der Waals surface area contributed by atoms with Crippen molar-refractivity contribution in [1.82, 2.24) is 9.88 Å². The minimum atomic E-state index is -0.697. The molecule has 1 heterocycles. The number of hydrogen-bond acceptors (Lipinski definition) is 5. The molecule has 0 saturated heterocycles. The van der Waals surface area contributed by atoms with Crippen molar-refractivity contribution >= 4 is 17.2 Å². The van der Waals surface area contributed by atoms with E-state index in [-0.39, 0.29) is 18.1 Å². The molecular weight excluding hydrogens is 312 g/mol. The number of aliphatic hydroxyl groups is 1. The fourth-order valence-electron chi connectivity index (χ4n) is 2.97. The maximum absolute atomic E-state index is 12.6. The van der Waals surface area contributed by atoms with E-state index in [1.807, 2.05) is 37.3 Å². The van der Waals surface area contributed by atoms with Crippen LogP contribution in [0.15, 0.2) is 35.8 Å². The van der Waals surface area contributed by atoms with E-state index in [0.717, 1.165) is 24.3 Å². The van der Waals surface area contributed by atoms with Gasteiger partial charge in [-0.1, -0.05) is 18.2 Å². The first kappa shape index (κ1) is 16.0. The normalized spacial score (nSPS) is 23.7. The molecule has 1 N–H and O–H groups in total. The topological polar surface area (TPSA) is 62.7 Å². The number of ether oxygens (including phenoxy) is 1. The Bertz CT molecular complexity index is 673. The van der Waals surface area contributed by atoms with E-state index < -0.39 is 6.10 Å². The van der Waals surface area contributed by atoms with E-state index in [1.54, 1.807) is 17.5 Å². The second-order valence-electron chi connectivity index (χ2n) is 5.79. The van der Waals surface area contributed by atoms with E-state index in [4.69, 9.17) is 4.74 Å². The lowest BCUT2D eigenvalue weighted by Gasteiger charge is -2.28. The summed E-state index contributed by atoms with van der Waals surface area (Å²) >= 11 is 1.33. The number of aliphatic hydroxyl groups excluding tert-OH is 1. The molecule has 1 aliphatic carbocycles. The standard InChI is InChI=1S/C17H20N2O3S/c1-11-16(23-10-18-11)17(21)19(2)13-8-9-14(15(13)20)22-12-6-4-3-5-7-12/h3-7,10,13-15,20H,8-9H2,1-2H3/t13-,14-,15-/m1/s1. The van der Waals surface area contributed by atoms with Gasteiger partial charge in [-0.15, -0.1) is 11.3 Å². The highest BCUT2D eigenvalue weighted by atomic mass is 32.1. The zero-order valence-electron chi connectivity index (χ0n) is 13.2. The van der Waals surface area contributed by atoms with E-state index >= 15 is 0 Å². The molecular formula is C17H20N2O3S. The number of thiazole rings is 1. The Morgan fingerprint density at radius 3 is 2.74 bits per heavy atom. The van der Waals surface area contributed by atoms with E-state index in [0.29, 0.717) is 4.88 Å². The number of carbonyl (C=O) groups is 1. The predicted molar refractivity (Wildman–Crippen MR) is 88.8 cm³/mol. The van der Waals surface area contributed by atoms with Crippen LogP contribution in [0, 0.1) is 6.92 Å². The van der Waals surface area contributed by atoms with Crippen LogP contribution in [-0.4, -0.2) is 46.2 Å². The molecule has 0 unspecified atom stereocenters. The van der Waals surface area contributed by atoms with Crippen LogP contribution in [0.25, 0.3) is 0 Å². The summed E-state index contributed by atoms with van der Waals surface area (Å²) in [5.74, 6) is 0.652. The third-order valence-electron chi connectivity index (χ3n) is 4.31. The summed E-state index contributed by atoms with van der Waals surface area (Å²) in [6.07, 6.45) is 0.455. The minimum Gasteiger partial charge on any atom is -0.488 e. The molecule has 0 radical (unpaired) electrons. The van der Waals surface area contributed by atoms with Gasteiger partial charge in [0.25, 0.3) is 5.91 Å². The van der Waals surface area contributed by atoms with Gasteiger partial charge < -0.3 is 14.7 Å². The second kappa shape index (κ2) is 6.68. The molecule has 1 saturated carbocycles. The van der Waals surface area contributed by atoms with Crippen LogP contribution in [0.1, 0.15) is 28.2 Å². The Morgan fingerprint density at radius 1 is 1.35 bits per heavy atom.